The Balaban J connectivity index is 1.58. The maximum Gasteiger partial charge on any atom is 0.122 e. The molecule has 0 aliphatic carbocycles. The lowest BCUT2D eigenvalue weighted by molar-refractivity contribution is 0.300. The summed E-state index contributed by atoms with van der Waals surface area (Å²) in [6.45, 7) is 5.81. The fourth-order valence-corrected chi connectivity index (χ4v) is 2.47. The molecule has 0 unspecified atom stereocenters. The molecular weight excluding hydrogens is 260 g/mol. The lowest BCUT2D eigenvalue weighted by Crippen LogP contribution is -2.04. The van der Waals surface area contributed by atoms with Crippen LogP contribution in [0.1, 0.15) is 17.5 Å². The minimum atomic E-state index is 0.719. The molecule has 0 N–H and O–H groups in total. The van der Waals surface area contributed by atoms with Crippen molar-refractivity contribution in [3.63, 3.8) is 0 Å². The van der Waals surface area contributed by atoms with Crippen molar-refractivity contribution in [2.24, 2.45) is 0 Å². The van der Waals surface area contributed by atoms with Gasteiger partial charge in [-0.1, -0.05) is 24.3 Å². The average Bonchev–Trinajstić information content (AvgIpc) is 2.90. The van der Waals surface area contributed by atoms with E-state index in [9.17, 15) is 0 Å². The molecule has 0 fully saturated rings. The molecule has 108 valence electrons. The number of para-hydroxylation sites is 2. The first kappa shape index (κ1) is 13.7. The van der Waals surface area contributed by atoms with Gasteiger partial charge in [-0.3, -0.25) is 0 Å². The number of aryl methyl sites for hydroxylation is 3. The fraction of sp³-hybridized carbons (Fsp3) is 0.278. The van der Waals surface area contributed by atoms with Crippen molar-refractivity contribution in [1.29, 1.82) is 0 Å². The molecule has 0 atom stereocenters. The van der Waals surface area contributed by atoms with Crippen LogP contribution in [0.3, 0.4) is 0 Å². The van der Waals surface area contributed by atoms with Crippen LogP contribution in [0.5, 0.6) is 5.75 Å². The first-order chi connectivity index (χ1) is 10.2. The first-order valence-electron chi connectivity index (χ1n) is 7.34. The van der Waals surface area contributed by atoms with Gasteiger partial charge >= 0.3 is 0 Å². The number of benzene rings is 2. The maximum atomic E-state index is 5.89. The van der Waals surface area contributed by atoms with Crippen molar-refractivity contribution in [3.05, 3.63) is 59.9 Å². The molecule has 0 aliphatic heterocycles. The van der Waals surface area contributed by atoms with Crippen LogP contribution >= 0.6 is 0 Å². The predicted octanol–water partition coefficient (Wildman–Crippen LogP) is 4.12. The van der Waals surface area contributed by atoms with E-state index in [0.717, 1.165) is 30.8 Å². The van der Waals surface area contributed by atoms with Crippen molar-refractivity contribution < 1.29 is 4.74 Å². The van der Waals surface area contributed by atoms with E-state index in [1.54, 1.807) is 0 Å². The van der Waals surface area contributed by atoms with Crippen molar-refractivity contribution in [2.75, 3.05) is 6.61 Å². The summed E-state index contributed by atoms with van der Waals surface area (Å²) < 4.78 is 8.08. The average molecular weight is 280 g/mol. The number of ether oxygens (including phenoxy) is 1. The van der Waals surface area contributed by atoms with Gasteiger partial charge in [-0.05, 0) is 49.6 Å². The van der Waals surface area contributed by atoms with Crippen LogP contribution in [0.4, 0.5) is 0 Å². The Kier molecular flexibility index (Phi) is 3.91. The smallest absolute Gasteiger partial charge is 0.122 e. The zero-order valence-corrected chi connectivity index (χ0v) is 12.5. The molecule has 0 bridgehead atoms. The highest BCUT2D eigenvalue weighted by molar-refractivity contribution is 5.74. The molecule has 0 saturated carbocycles. The van der Waals surface area contributed by atoms with E-state index in [4.69, 9.17) is 4.74 Å². The molecule has 0 saturated heterocycles. The van der Waals surface area contributed by atoms with E-state index in [1.165, 1.54) is 16.6 Å². The zero-order chi connectivity index (χ0) is 14.7. The van der Waals surface area contributed by atoms with Gasteiger partial charge in [0, 0.05) is 6.54 Å². The summed E-state index contributed by atoms with van der Waals surface area (Å²) in [5, 5.41) is 0. The molecule has 0 radical (unpaired) electrons. The Labute approximate surface area is 125 Å². The van der Waals surface area contributed by atoms with Gasteiger partial charge in [-0.2, -0.15) is 0 Å². The molecule has 3 heteroatoms. The number of imidazole rings is 1. The number of hydrogen-bond acceptors (Lipinski definition) is 2. The van der Waals surface area contributed by atoms with E-state index in [-0.39, 0.29) is 0 Å². The molecule has 3 nitrogen and oxygen atoms in total. The SMILES string of the molecule is Cc1ccc(C)c(OCCCn2cnc3ccccc32)c1. The number of aromatic nitrogens is 2. The third-order valence-electron chi connectivity index (χ3n) is 3.67. The van der Waals surface area contributed by atoms with Gasteiger partial charge in [0.1, 0.15) is 5.75 Å². The van der Waals surface area contributed by atoms with Gasteiger partial charge in [-0.15, -0.1) is 0 Å². The van der Waals surface area contributed by atoms with Gasteiger partial charge in [0.2, 0.25) is 0 Å². The topological polar surface area (TPSA) is 27.1 Å². The summed E-state index contributed by atoms with van der Waals surface area (Å²) in [7, 11) is 0. The number of nitrogens with zero attached hydrogens (tertiary/aromatic N) is 2. The minimum absolute atomic E-state index is 0.719. The van der Waals surface area contributed by atoms with Gasteiger partial charge in [0.15, 0.2) is 0 Å². The molecule has 1 aromatic heterocycles. The highest BCUT2D eigenvalue weighted by Gasteiger charge is 2.02. The second-order valence-corrected chi connectivity index (χ2v) is 5.40. The van der Waals surface area contributed by atoms with Crippen LogP contribution in [0, 0.1) is 13.8 Å². The van der Waals surface area contributed by atoms with E-state index in [0.29, 0.717) is 0 Å². The number of fused-ring (bicyclic) bond motifs is 1. The van der Waals surface area contributed by atoms with Gasteiger partial charge < -0.3 is 9.30 Å². The molecule has 0 aliphatic rings. The Hall–Kier alpha value is -2.29. The lowest BCUT2D eigenvalue weighted by Gasteiger charge is -2.10. The summed E-state index contributed by atoms with van der Waals surface area (Å²) in [5.74, 6) is 0.991. The highest BCUT2D eigenvalue weighted by Crippen LogP contribution is 2.19. The quantitative estimate of drug-likeness (QED) is 0.657. The highest BCUT2D eigenvalue weighted by atomic mass is 16.5. The second-order valence-electron chi connectivity index (χ2n) is 5.40. The molecule has 0 spiro atoms. The van der Waals surface area contributed by atoms with Crippen LogP contribution in [0.25, 0.3) is 11.0 Å². The largest absolute Gasteiger partial charge is 0.493 e. The minimum Gasteiger partial charge on any atom is -0.493 e. The van der Waals surface area contributed by atoms with Crippen molar-refractivity contribution in [2.45, 2.75) is 26.8 Å². The summed E-state index contributed by atoms with van der Waals surface area (Å²) in [6, 6.07) is 14.5. The fourth-order valence-electron chi connectivity index (χ4n) is 2.47. The van der Waals surface area contributed by atoms with Crippen molar-refractivity contribution >= 4 is 11.0 Å². The van der Waals surface area contributed by atoms with Gasteiger partial charge in [-0.25, -0.2) is 4.98 Å². The third kappa shape index (κ3) is 3.07. The second kappa shape index (κ2) is 6.00. The molecule has 3 aromatic rings. The van der Waals surface area contributed by atoms with Crippen LogP contribution in [0.2, 0.25) is 0 Å². The Morgan fingerprint density at radius 3 is 2.86 bits per heavy atom. The number of hydrogen-bond donors (Lipinski definition) is 0. The standard InChI is InChI=1S/C18H20N2O/c1-14-8-9-15(2)18(12-14)21-11-5-10-20-13-19-16-6-3-4-7-17(16)20/h3-4,6-9,12-13H,5,10-11H2,1-2H3. The van der Waals surface area contributed by atoms with Crippen LogP contribution in [-0.4, -0.2) is 16.2 Å². The van der Waals surface area contributed by atoms with Crippen LogP contribution in [0.15, 0.2) is 48.8 Å². The summed E-state index contributed by atoms with van der Waals surface area (Å²) in [4.78, 5) is 4.40. The Morgan fingerprint density at radius 2 is 1.95 bits per heavy atom. The normalized spacial score (nSPS) is 11.0. The third-order valence-corrected chi connectivity index (χ3v) is 3.67. The van der Waals surface area contributed by atoms with E-state index in [1.807, 2.05) is 24.5 Å². The summed E-state index contributed by atoms with van der Waals surface area (Å²) >= 11 is 0. The molecule has 0 amide bonds. The monoisotopic (exact) mass is 280 g/mol. The summed E-state index contributed by atoms with van der Waals surface area (Å²) in [5.41, 5.74) is 4.65. The Bertz CT molecular complexity index is 746. The predicted molar refractivity (Wildman–Crippen MR) is 85.8 cm³/mol. The molecule has 3 rings (SSSR count). The van der Waals surface area contributed by atoms with Gasteiger partial charge in [0.25, 0.3) is 0 Å². The van der Waals surface area contributed by atoms with E-state index < -0.39 is 0 Å². The summed E-state index contributed by atoms with van der Waals surface area (Å²) in [6.07, 6.45) is 2.87. The van der Waals surface area contributed by atoms with E-state index in [2.05, 4.69) is 47.7 Å². The van der Waals surface area contributed by atoms with Gasteiger partial charge in [0.05, 0.1) is 24.0 Å². The first-order valence-corrected chi connectivity index (χ1v) is 7.34. The number of rotatable bonds is 5. The van der Waals surface area contributed by atoms with Crippen LogP contribution < -0.4 is 4.74 Å². The maximum absolute atomic E-state index is 5.89. The molecule has 21 heavy (non-hydrogen) atoms. The Morgan fingerprint density at radius 1 is 1.10 bits per heavy atom. The van der Waals surface area contributed by atoms with Crippen LogP contribution in [-0.2, 0) is 6.54 Å². The van der Waals surface area contributed by atoms with E-state index >= 15 is 0 Å². The lowest BCUT2D eigenvalue weighted by atomic mass is 10.1. The molecule has 2 aromatic carbocycles. The molecule has 1 heterocycles. The molecular formula is C18H20N2O. The zero-order valence-electron chi connectivity index (χ0n) is 12.5. The van der Waals surface area contributed by atoms with Crippen molar-refractivity contribution in [1.82, 2.24) is 9.55 Å². The van der Waals surface area contributed by atoms with Crippen molar-refractivity contribution in [3.8, 4) is 5.75 Å².